The molecule has 72 valence electrons. The summed E-state index contributed by atoms with van der Waals surface area (Å²) in [5, 5.41) is 9.99. The second-order valence-electron chi connectivity index (χ2n) is 4.45. The van der Waals surface area contributed by atoms with Crippen LogP contribution in [0.15, 0.2) is 23.8 Å². The smallest absolute Gasteiger partial charge is 0.0849 e. The van der Waals surface area contributed by atoms with Crippen molar-refractivity contribution in [2.24, 2.45) is 5.41 Å². The maximum absolute atomic E-state index is 9.99. The lowest BCUT2D eigenvalue weighted by Crippen LogP contribution is -2.31. The van der Waals surface area contributed by atoms with Gasteiger partial charge >= 0.3 is 0 Å². The van der Waals surface area contributed by atoms with Gasteiger partial charge in [0, 0.05) is 11.3 Å². The van der Waals surface area contributed by atoms with Crippen molar-refractivity contribution in [3.8, 4) is 0 Å². The highest BCUT2D eigenvalue weighted by atomic mass is 32.1. The van der Waals surface area contributed by atoms with E-state index in [0.29, 0.717) is 0 Å². The molecule has 0 aliphatic heterocycles. The van der Waals surface area contributed by atoms with Crippen molar-refractivity contribution in [1.82, 2.24) is 0 Å². The summed E-state index contributed by atoms with van der Waals surface area (Å²) in [4.78, 5) is 0.866. The fourth-order valence-electron chi connectivity index (χ4n) is 1.27. The first kappa shape index (κ1) is 10.6. The zero-order chi connectivity index (χ0) is 10.1. The number of aliphatic hydroxyl groups is 1. The van der Waals surface area contributed by atoms with Gasteiger partial charge in [-0.15, -0.1) is 0 Å². The zero-order valence-electron chi connectivity index (χ0n) is 8.37. The number of rotatable bonds is 1. The summed E-state index contributed by atoms with van der Waals surface area (Å²) in [6, 6.07) is 0. The summed E-state index contributed by atoms with van der Waals surface area (Å²) >= 11 is 5.19. The molecule has 1 unspecified atom stereocenters. The van der Waals surface area contributed by atoms with E-state index < -0.39 is 6.10 Å². The Morgan fingerprint density at radius 3 is 2.54 bits per heavy atom. The molecule has 13 heavy (non-hydrogen) atoms. The highest BCUT2D eigenvalue weighted by Gasteiger charge is 2.27. The summed E-state index contributed by atoms with van der Waals surface area (Å²) in [6.45, 7) is 6.04. The number of hydrogen-bond donors (Lipinski definition) is 1. The van der Waals surface area contributed by atoms with Gasteiger partial charge in [0.15, 0.2) is 0 Å². The molecule has 1 aliphatic carbocycles. The molecule has 0 saturated carbocycles. The minimum Gasteiger partial charge on any atom is -0.388 e. The van der Waals surface area contributed by atoms with Crippen molar-refractivity contribution in [2.75, 3.05) is 0 Å². The minimum atomic E-state index is -0.454. The van der Waals surface area contributed by atoms with Crippen LogP contribution in [0, 0.1) is 5.41 Å². The second kappa shape index (κ2) is 3.72. The number of allylic oxidation sites excluding steroid dienone is 3. The summed E-state index contributed by atoms with van der Waals surface area (Å²) in [6.07, 6.45) is 6.22. The third-order valence-electron chi connectivity index (χ3n) is 2.15. The van der Waals surface area contributed by atoms with Crippen molar-refractivity contribution >= 4 is 17.1 Å². The molecule has 1 rings (SSSR count). The van der Waals surface area contributed by atoms with Crippen LogP contribution in [0.1, 0.15) is 27.2 Å². The van der Waals surface area contributed by atoms with Crippen molar-refractivity contribution < 1.29 is 5.11 Å². The predicted molar refractivity (Wildman–Crippen MR) is 59.9 cm³/mol. The highest BCUT2D eigenvalue weighted by Crippen LogP contribution is 2.27. The van der Waals surface area contributed by atoms with Crippen LogP contribution >= 0.6 is 12.2 Å². The molecule has 1 aliphatic rings. The topological polar surface area (TPSA) is 20.2 Å². The van der Waals surface area contributed by atoms with Gasteiger partial charge in [0.25, 0.3) is 0 Å². The molecule has 0 radical (unpaired) electrons. The lowest BCUT2D eigenvalue weighted by Gasteiger charge is -2.29. The van der Waals surface area contributed by atoms with E-state index in [9.17, 15) is 5.11 Å². The Morgan fingerprint density at radius 2 is 2.08 bits per heavy atom. The number of hydrogen-bond acceptors (Lipinski definition) is 2. The third-order valence-corrected chi connectivity index (χ3v) is 2.55. The van der Waals surface area contributed by atoms with Crippen molar-refractivity contribution in [3.63, 3.8) is 0 Å². The summed E-state index contributed by atoms with van der Waals surface area (Å²) in [7, 11) is 0. The molecule has 1 nitrogen and oxygen atoms in total. The quantitative estimate of drug-likeness (QED) is 0.651. The van der Waals surface area contributed by atoms with Crippen molar-refractivity contribution in [3.05, 3.63) is 23.8 Å². The van der Waals surface area contributed by atoms with Crippen LogP contribution in [0.3, 0.4) is 0 Å². The maximum Gasteiger partial charge on any atom is 0.0849 e. The molecule has 0 aromatic rings. The molecular formula is C11H16OS. The molecule has 0 aromatic carbocycles. The van der Waals surface area contributed by atoms with Crippen LogP contribution in [-0.2, 0) is 0 Å². The van der Waals surface area contributed by atoms with Gasteiger partial charge in [-0.3, -0.25) is 0 Å². The fourth-order valence-corrected chi connectivity index (χ4v) is 1.54. The van der Waals surface area contributed by atoms with Gasteiger partial charge in [0.1, 0.15) is 0 Å². The lowest BCUT2D eigenvalue weighted by molar-refractivity contribution is 0.0999. The van der Waals surface area contributed by atoms with E-state index in [2.05, 4.69) is 0 Å². The van der Waals surface area contributed by atoms with Crippen LogP contribution in [0.4, 0.5) is 0 Å². The highest BCUT2D eigenvalue weighted by molar-refractivity contribution is 7.80. The molecule has 0 saturated heterocycles. The average molecular weight is 196 g/mol. The summed E-state index contributed by atoms with van der Waals surface area (Å²) < 4.78 is 0. The Morgan fingerprint density at radius 1 is 1.46 bits per heavy atom. The summed E-state index contributed by atoms with van der Waals surface area (Å²) in [5.74, 6) is 0. The molecule has 1 N–H and O–H groups in total. The molecule has 0 bridgehead atoms. The zero-order valence-corrected chi connectivity index (χ0v) is 9.19. The first-order valence-corrected chi connectivity index (χ1v) is 4.92. The molecule has 0 amide bonds. The van der Waals surface area contributed by atoms with Crippen LogP contribution in [0.25, 0.3) is 0 Å². The van der Waals surface area contributed by atoms with Gasteiger partial charge in [-0.1, -0.05) is 51.2 Å². The monoisotopic (exact) mass is 196 g/mol. The minimum absolute atomic E-state index is 0.138. The van der Waals surface area contributed by atoms with Crippen molar-refractivity contribution in [1.29, 1.82) is 0 Å². The maximum atomic E-state index is 9.99. The Hall–Kier alpha value is -0.470. The van der Waals surface area contributed by atoms with Crippen LogP contribution in [0.2, 0.25) is 0 Å². The van der Waals surface area contributed by atoms with Gasteiger partial charge < -0.3 is 5.11 Å². The van der Waals surface area contributed by atoms with E-state index in [-0.39, 0.29) is 5.41 Å². The Kier molecular flexibility index (Phi) is 3.04. The van der Waals surface area contributed by atoms with E-state index in [0.717, 1.165) is 16.9 Å². The van der Waals surface area contributed by atoms with Crippen LogP contribution < -0.4 is 0 Å². The van der Waals surface area contributed by atoms with E-state index >= 15 is 0 Å². The molecule has 0 aromatic heterocycles. The first-order chi connectivity index (χ1) is 5.93. The van der Waals surface area contributed by atoms with E-state index in [1.54, 1.807) is 0 Å². The molecule has 0 fully saturated rings. The van der Waals surface area contributed by atoms with Gasteiger partial charge in [-0.05, 0) is 11.0 Å². The largest absolute Gasteiger partial charge is 0.388 e. The van der Waals surface area contributed by atoms with Gasteiger partial charge in [0.2, 0.25) is 0 Å². The molecule has 2 heteroatoms. The van der Waals surface area contributed by atoms with Gasteiger partial charge in [0.05, 0.1) is 6.10 Å². The third kappa shape index (κ3) is 2.48. The number of aliphatic hydroxyl groups excluding tert-OH is 1. The lowest BCUT2D eigenvalue weighted by atomic mass is 9.82. The Bertz CT molecular complexity index is 268. The molecule has 0 heterocycles. The van der Waals surface area contributed by atoms with E-state index in [4.69, 9.17) is 12.2 Å². The van der Waals surface area contributed by atoms with E-state index in [1.165, 1.54) is 0 Å². The van der Waals surface area contributed by atoms with Gasteiger partial charge in [-0.25, -0.2) is 0 Å². The van der Waals surface area contributed by atoms with Crippen molar-refractivity contribution in [2.45, 2.75) is 33.3 Å². The molecule has 1 atom stereocenters. The predicted octanol–water partition coefficient (Wildman–Crippen LogP) is 2.65. The van der Waals surface area contributed by atoms with Gasteiger partial charge in [-0.2, -0.15) is 0 Å². The van der Waals surface area contributed by atoms with Crippen LogP contribution in [0.5, 0.6) is 0 Å². The molecular weight excluding hydrogens is 180 g/mol. The number of thiocarbonyl (C=S) groups is 1. The Labute approximate surface area is 85.2 Å². The SMILES string of the molecule is CC(C)(C)C(O)C1=CC=CCC1=S. The van der Waals surface area contributed by atoms with E-state index in [1.807, 2.05) is 39.0 Å². The van der Waals surface area contributed by atoms with Crippen LogP contribution in [-0.4, -0.2) is 16.1 Å². The normalized spacial score (nSPS) is 20.0. The standard InChI is InChI=1S/C11H16OS/c1-11(2,3)10(12)8-6-4-5-7-9(8)13/h4-6,10,12H,7H2,1-3H3. The summed E-state index contributed by atoms with van der Waals surface area (Å²) in [5.41, 5.74) is 0.770. The molecule has 0 spiro atoms. The fraction of sp³-hybridized carbons (Fsp3) is 0.545. The average Bonchev–Trinajstić information content (AvgIpc) is 2.02. The second-order valence-corrected chi connectivity index (χ2v) is 4.94. The first-order valence-electron chi connectivity index (χ1n) is 4.51. The Balaban J connectivity index is 2.88.